The highest BCUT2D eigenvalue weighted by atomic mass is 16.5. The first-order valence-corrected chi connectivity index (χ1v) is 11.4. The third-order valence-electron chi connectivity index (χ3n) is 4.46. The van der Waals surface area contributed by atoms with Crippen LogP contribution < -0.4 is 9.47 Å². The van der Waals surface area contributed by atoms with Crippen molar-refractivity contribution in [1.29, 1.82) is 0 Å². The van der Waals surface area contributed by atoms with Crippen LogP contribution in [-0.2, 0) is 0 Å². The van der Waals surface area contributed by atoms with E-state index in [-0.39, 0.29) is 0 Å². The van der Waals surface area contributed by atoms with E-state index in [1.165, 1.54) is 0 Å². The Labute approximate surface area is 184 Å². The Hall–Kier alpha value is -2.58. The molecule has 1 aromatic carbocycles. The van der Waals surface area contributed by atoms with E-state index in [1.54, 1.807) is 0 Å². The summed E-state index contributed by atoms with van der Waals surface area (Å²) in [6.07, 6.45) is 13.8. The van der Waals surface area contributed by atoms with Gasteiger partial charge in [-0.25, -0.2) is 0 Å². The maximum Gasteiger partial charge on any atom is 0.136 e. The lowest BCUT2D eigenvalue weighted by molar-refractivity contribution is 0.302. The second-order valence-electron chi connectivity index (χ2n) is 7.21. The Bertz CT molecular complexity index is 687. The van der Waals surface area contributed by atoms with E-state index >= 15 is 0 Å². The fourth-order valence-corrected chi connectivity index (χ4v) is 2.66. The van der Waals surface area contributed by atoms with Gasteiger partial charge in [-0.1, -0.05) is 62.5 Å². The van der Waals surface area contributed by atoms with E-state index in [4.69, 9.17) is 9.47 Å². The number of unbranched alkanes of at least 4 members (excludes halogenated alkanes) is 6. The predicted molar refractivity (Wildman–Crippen MR) is 129 cm³/mol. The van der Waals surface area contributed by atoms with Crippen molar-refractivity contribution in [3.63, 3.8) is 0 Å². The number of benzene rings is 1. The first-order valence-electron chi connectivity index (χ1n) is 11.4. The lowest BCUT2D eigenvalue weighted by Gasteiger charge is -2.13. The quantitative estimate of drug-likeness (QED) is 0.181. The zero-order chi connectivity index (χ0) is 21.9. The summed E-state index contributed by atoms with van der Waals surface area (Å²) in [5.74, 6) is 14.7. The van der Waals surface area contributed by atoms with Crippen LogP contribution in [-0.4, -0.2) is 13.2 Å². The molecule has 0 N–H and O–H groups in total. The Morgan fingerprint density at radius 2 is 1.17 bits per heavy atom. The highest BCUT2D eigenvalue weighted by molar-refractivity contribution is 5.58. The summed E-state index contributed by atoms with van der Waals surface area (Å²) < 4.78 is 12.2. The van der Waals surface area contributed by atoms with Crippen molar-refractivity contribution in [3.8, 4) is 35.2 Å². The Kier molecular flexibility index (Phi) is 14.7. The van der Waals surface area contributed by atoms with Crippen LogP contribution in [0.5, 0.6) is 11.5 Å². The van der Waals surface area contributed by atoms with Crippen LogP contribution in [0.3, 0.4) is 0 Å². The number of ether oxygens (including phenoxy) is 2. The topological polar surface area (TPSA) is 18.5 Å². The molecule has 162 valence electrons. The second kappa shape index (κ2) is 17.3. The highest BCUT2D eigenvalue weighted by Gasteiger charge is 2.10. The molecule has 2 heteroatoms. The number of hydrogen-bond donors (Lipinski definition) is 0. The van der Waals surface area contributed by atoms with Gasteiger partial charge in [0.1, 0.15) is 11.5 Å². The third-order valence-corrected chi connectivity index (χ3v) is 4.46. The predicted octanol–water partition coefficient (Wildman–Crippen LogP) is 7.46. The molecular weight excluding hydrogens is 368 g/mol. The van der Waals surface area contributed by atoms with Gasteiger partial charge in [0.15, 0.2) is 0 Å². The average Bonchev–Trinajstić information content (AvgIpc) is 2.76. The molecular formula is C28H38O2. The van der Waals surface area contributed by atoms with Crippen LogP contribution in [0.15, 0.2) is 37.4 Å². The minimum Gasteiger partial charge on any atom is -0.492 e. The van der Waals surface area contributed by atoms with E-state index in [1.807, 2.05) is 24.3 Å². The van der Waals surface area contributed by atoms with Crippen molar-refractivity contribution in [2.45, 2.75) is 78.1 Å². The summed E-state index contributed by atoms with van der Waals surface area (Å²) in [6.45, 7) is 13.2. The van der Waals surface area contributed by atoms with Crippen molar-refractivity contribution in [2.75, 3.05) is 13.2 Å². The summed E-state index contributed by atoms with van der Waals surface area (Å²) >= 11 is 0. The van der Waals surface area contributed by atoms with Crippen molar-refractivity contribution in [2.24, 2.45) is 0 Å². The van der Waals surface area contributed by atoms with Crippen LogP contribution in [0, 0.1) is 23.7 Å². The molecule has 0 aromatic heterocycles. The van der Waals surface area contributed by atoms with E-state index < -0.39 is 0 Å². The van der Waals surface area contributed by atoms with Crippen molar-refractivity contribution >= 4 is 0 Å². The lowest BCUT2D eigenvalue weighted by atomic mass is 10.1. The van der Waals surface area contributed by atoms with Gasteiger partial charge in [0.25, 0.3) is 0 Å². The maximum absolute atomic E-state index is 6.08. The van der Waals surface area contributed by atoms with Gasteiger partial charge in [-0.2, -0.15) is 0 Å². The van der Waals surface area contributed by atoms with Gasteiger partial charge in [-0.3, -0.25) is 0 Å². The molecule has 1 aromatic rings. The minimum atomic E-state index is 0.637. The molecule has 1 rings (SSSR count). The smallest absolute Gasteiger partial charge is 0.136 e. The Morgan fingerprint density at radius 3 is 1.53 bits per heavy atom. The molecule has 2 nitrogen and oxygen atoms in total. The van der Waals surface area contributed by atoms with Gasteiger partial charge in [0.2, 0.25) is 0 Å². The maximum atomic E-state index is 6.08. The van der Waals surface area contributed by atoms with Crippen LogP contribution in [0.2, 0.25) is 0 Å². The van der Waals surface area contributed by atoms with Crippen LogP contribution in [0.25, 0.3) is 0 Å². The molecule has 0 heterocycles. The van der Waals surface area contributed by atoms with E-state index in [0.717, 1.165) is 86.8 Å². The standard InChI is InChI=1S/C28H38O2/c1-5-9-13-15-19-25-23-28(30-22-18-12-8-4)26(20-16-14-10-6-2)24-27(25)29-21-17-11-7-3/h7-8,23-24H,3-6,9-14,17-18,21-22H2,1-2H3. The summed E-state index contributed by atoms with van der Waals surface area (Å²) in [6, 6.07) is 4.00. The molecule has 0 saturated heterocycles. The van der Waals surface area contributed by atoms with E-state index in [2.05, 4.69) is 50.7 Å². The van der Waals surface area contributed by atoms with Crippen LogP contribution in [0.4, 0.5) is 0 Å². The molecule has 30 heavy (non-hydrogen) atoms. The molecule has 0 unspecified atom stereocenters. The zero-order valence-corrected chi connectivity index (χ0v) is 19.0. The van der Waals surface area contributed by atoms with Gasteiger partial charge in [0, 0.05) is 25.0 Å². The van der Waals surface area contributed by atoms with Gasteiger partial charge >= 0.3 is 0 Å². The van der Waals surface area contributed by atoms with Gasteiger partial charge in [-0.15, -0.1) is 13.2 Å². The van der Waals surface area contributed by atoms with Gasteiger partial charge < -0.3 is 9.47 Å². The van der Waals surface area contributed by atoms with Crippen molar-refractivity contribution < 1.29 is 9.47 Å². The number of hydrogen-bond acceptors (Lipinski definition) is 2. The fourth-order valence-electron chi connectivity index (χ4n) is 2.66. The van der Waals surface area contributed by atoms with Crippen molar-refractivity contribution in [1.82, 2.24) is 0 Å². The third kappa shape index (κ3) is 10.8. The van der Waals surface area contributed by atoms with Crippen molar-refractivity contribution in [3.05, 3.63) is 48.6 Å². The SMILES string of the molecule is C=CCCCOc1cc(C#CCCCC)c(OCCCC=C)cc1C#CCCCC. The summed E-state index contributed by atoms with van der Waals surface area (Å²) in [7, 11) is 0. The van der Waals surface area contributed by atoms with Crippen LogP contribution in [0.1, 0.15) is 89.2 Å². The Balaban J connectivity index is 3.16. The summed E-state index contributed by atoms with van der Waals surface area (Å²) in [5, 5.41) is 0. The van der Waals surface area contributed by atoms with Gasteiger partial charge in [-0.05, 0) is 38.5 Å². The zero-order valence-electron chi connectivity index (χ0n) is 19.0. The largest absolute Gasteiger partial charge is 0.492 e. The molecule has 0 atom stereocenters. The minimum absolute atomic E-state index is 0.637. The Morgan fingerprint density at radius 1 is 0.733 bits per heavy atom. The number of rotatable bonds is 14. The average molecular weight is 407 g/mol. The number of allylic oxidation sites excluding steroid dienone is 2. The molecule has 0 aliphatic heterocycles. The normalized spacial score (nSPS) is 9.67. The molecule has 0 bridgehead atoms. The van der Waals surface area contributed by atoms with Crippen LogP contribution >= 0.6 is 0 Å². The fraction of sp³-hybridized carbons (Fsp3) is 0.500. The molecule has 0 amide bonds. The molecule has 0 radical (unpaired) electrons. The lowest BCUT2D eigenvalue weighted by Crippen LogP contribution is -2.03. The monoisotopic (exact) mass is 406 g/mol. The molecule has 0 saturated carbocycles. The highest BCUT2D eigenvalue weighted by Crippen LogP contribution is 2.29. The van der Waals surface area contributed by atoms with E-state index in [9.17, 15) is 0 Å². The first-order chi connectivity index (χ1) is 14.8. The first kappa shape index (κ1) is 25.5. The van der Waals surface area contributed by atoms with Gasteiger partial charge in [0.05, 0.1) is 24.3 Å². The molecule has 0 aliphatic rings. The molecule has 0 spiro atoms. The molecule has 0 fully saturated rings. The second-order valence-corrected chi connectivity index (χ2v) is 7.21. The summed E-state index contributed by atoms with van der Waals surface area (Å²) in [4.78, 5) is 0. The summed E-state index contributed by atoms with van der Waals surface area (Å²) in [5.41, 5.74) is 1.75. The van der Waals surface area contributed by atoms with E-state index in [0.29, 0.717) is 13.2 Å². The molecule has 0 aliphatic carbocycles.